The van der Waals surface area contributed by atoms with E-state index in [-0.39, 0.29) is 0 Å². The van der Waals surface area contributed by atoms with Crippen LogP contribution in [0.2, 0.25) is 0 Å². The van der Waals surface area contributed by atoms with Crippen LogP contribution in [0.4, 0.5) is 0 Å². The molecule has 1 nitrogen and oxygen atoms in total. The first-order chi connectivity index (χ1) is 9.70. The molecule has 0 aliphatic heterocycles. The minimum atomic E-state index is 0.515. The molecule has 0 saturated heterocycles. The highest BCUT2D eigenvalue weighted by Crippen LogP contribution is 2.62. The Morgan fingerprint density at radius 2 is 1.75 bits per heavy atom. The first-order valence-electron chi connectivity index (χ1n) is 8.11. The van der Waals surface area contributed by atoms with E-state index >= 15 is 0 Å². The van der Waals surface area contributed by atoms with Gasteiger partial charge in [0.1, 0.15) is 0 Å². The van der Waals surface area contributed by atoms with Crippen LogP contribution in [0, 0.1) is 23.7 Å². The van der Waals surface area contributed by atoms with Gasteiger partial charge in [0, 0.05) is 4.47 Å². The molecule has 4 aliphatic carbocycles. The van der Waals surface area contributed by atoms with Gasteiger partial charge in [-0.15, -0.1) is 0 Å². The van der Waals surface area contributed by atoms with E-state index in [0.29, 0.717) is 5.41 Å². The molecule has 1 aromatic rings. The summed E-state index contributed by atoms with van der Waals surface area (Å²) in [4.78, 5) is 0. The van der Waals surface area contributed by atoms with Gasteiger partial charge in [-0.1, -0.05) is 28.1 Å². The Morgan fingerprint density at radius 1 is 1.10 bits per heavy atom. The highest BCUT2D eigenvalue weighted by Gasteiger charge is 2.55. The molecule has 4 aliphatic rings. The van der Waals surface area contributed by atoms with E-state index in [0.717, 1.165) is 23.7 Å². The predicted octanol–water partition coefficient (Wildman–Crippen LogP) is 4.36. The van der Waals surface area contributed by atoms with Gasteiger partial charge in [-0.25, -0.2) is 0 Å². The lowest BCUT2D eigenvalue weighted by atomic mass is 9.45. The van der Waals surface area contributed by atoms with Gasteiger partial charge in [-0.2, -0.15) is 0 Å². The summed E-state index contributed by atoms with van der Waals surface area (Å²) in [7, 11) is 2.12. The maximum Gasteiger partial charge on any atom is 0.0175 e. The van der Waals surface area contributed by atoms with Crippen molar-refractivity contribution in [2.24, 2.45) is 23.7 Å². The first kappa shape index (κ1) is 13.3. The lowest BCUT2D eigenvalue weighted by molar-refractivity contribution is -0.0546. The van der Waals surface area contributed by atoms with Crippen LogP contribution in [0.25, 0.3) is 0 Å². The van der Waals surface area contributed by atoms with Crippen molar-refractivity contribution in [2.75, 3.05) is 13.6 Å². The van der Waals surface area contributed by atoms with Crippen LogP contribution >= 0.6 is 15.9 Å². The summed E-state index contributed by atoms with van der Waals surface area (Å²) in [5, 5.41) is 3.45. The molecule has 20 heavy (non-hydrogen) atoms. The maximum absolute atomic E-state index is 3.58. The van der Waals surface area contributed by atoms with Crippen LogP contribution in [-0.4, -0.2) is 13.6 Å². The second-order valence-electron chi connectivity index (χ2n) is 7.48. The average Bonchev–Trinajstić information content (AvgIpc) is 2.43. The fraction of sp³-hybridized carbons (Fsp3) is 0.667. The van der Waals surface area contributed by atoms with Crippen LogP contribution in [0.1, 0.15) is 37.7 Å². The molecule has 0 radical (unpaired) electrons. The van der Waals surface area contributed by atoms with Gasteiger partial charge < -0.3 is 5.32 Å². The van der Waals surface area contributed by atoms with Gasteiger partial charge >= 0.3 is 0 Å². The Hall–Kier alpha value is -0.340. The molecule has 2 heteroatoms. The van der Waals surface area contributed by atoms with Crippen molar-refractivity contribution in [2.45, 2.75) is 37.5 Å². The van der Waals surface area contributed by atoms with Gasteiger partial charge in [0.15, 0.2) is 0 Å². The zero-order valence-corrected chi connectivity index (χ0v) is 13.8. The molecule has 4 bridgehead atoms. The quantitative estimate of drug-likeness (QED) is 0.866. The van der Waals surface area contributed by atoms with Gasteiger partial charge in [0.2, 0.25) is 0 Å². The molecule has 2 unspecified atom stereocenters. The molecule has 4 fully saturated rings. The van der Waals surface area contributed by atoms with Crippen molar-refractivity contribution in [3.63, 3.8) is 0 Å². The summed E-state index contributed by atoms with van der Waals surface area (Å²) >= 11 is 3.58. The minimum Gasteiger partial charge on any atom is -0.319 e. The average molecular weight is 334 g/mol. The second-order valence-corrected chi connectivity index (χ2v) is 8.39. The first-order valence-corrected chi connectivity index (χ1v) is 8.90. The van der Waals surface area contributed by atoms with Crippen molar-refractivity contribution in [1.82, 2.24) is 5.32 Å². The molecule has 0 spiro atoms. The van der Waals surface area contributed by atoms with E-state index in [1.165, 1.54) is 43.1 Å². The van der Waals surface area contributed by atoms with Crippen LogP contribution in [0.15, 0.2) is 28.7 Å². The summed E-state index contributed by atoms with van der Waals surface area (Å²) < 4.78 is 1.21. The van der Waals surface area contributed by atoms with E-state index in [4.69, 9.17) is 0 Å². The smallest absolute Gasteiger partial charge is 0.0175 e. The molecule has 5 rings (SSSR count). The summed E-state index contributed by atoms with van der Waals surface area (Å²) in [5.41, 5.74) is 2.13. The van der Waals surface area contributed by atoms with Gasteiger partial charge in [0.25, 0.3) is 0 Å². The van der Waals surface area contributed by atoms with Gasteiger partial charge in [0.05, 0.1) is 0 Å². The third kappa shape index (κ3) is 1.99. The molecule has 0 heterocycles. The number of nitrogens with one attached hydrogen (secondary N) is 1. The largest absolute Gasteiger partial charge is 0.319 e. The summed E-state index contributed by atoms with van der Waals surface area (Å²) in [6, 6.07) is 9.23. The Bertz CT molecular complexity index is 479. The van der Waals surface area contributed by atoms with E-state index in [1.807, 2.05) is 0 Å². The van der Waals surface area contributed by atoms with Crippen molar-refractivity contribution in [3.05, 3.63) is 34.3 Å². The second kappa shape index (κ2) is 4.84. The third-order valence-corrected chi connectivity index (χ3v) is 6.89. The number of hydrogen-bond acceptors (Lipinski definition) is 1. The maximum atomic E-state index is 3.58. The van der Waals surface area contributed by atoms with Crippen LogP contribution < -0.4 is 5.32 Å². The zero-order valence-electron chi connectivity index (χ0n) is 12.2. The Kier molecular flexibility index (Phi) is 3.23. The Balaban J connectivity index is 1.66. The molecule has 108 valence electrons. The molecule has 2 atom stereocenters. The van der Waals surface area contributed by atoms with E-state index < -0.39 is 0 Å². The summed E-state index contributed by atoms with van der Waals surface area (Å²) in [6.45, 7) is 1.23. The topological polar surface area (TPSA) is 12.0 Å². The number of benzene rings is 1. The highest BCUT2D eigenvalue weighted by atomic mass is 79.9. The number of rotatable bonds is 3. The third-order valence-electron chi connectivity index (χ3n) is 6.36. The standard InChI is InChI=1S/C18H24BrN/c1-20-11-17-13-6-12-7-14(17)10-18(8-12,9-13)15-2-4-16(19)5-3-15/h2-5,12-14,17,20H,6-11H2,1H3. The number of halogens is 1. The highest BCUT2D eigenvalue weighted by molar-refractivity contribution is 9.10. The molecule has 0 amide bonds. The van der Waals surface area contributed by atoms with Gasteiger partial charge in [-0.05, 0) is 92.5 Å². The molecule has 1 N–H and O–H groups in total. The van der Waals surface area contributed by atoms with Crippen molar-refractivity contribution >= 4 is 15.9 Å². The molecular weight excluding hydrogens is 310 g/mol. The van der Waals surface area contributed by atoms with Crippen LogP contribution in [-0.2, 0) is 5.41 Å². The van der Waals surface area contributed by atoms with E-state index in [1.54, 1.807) is 5.56 Å². The van der Waals surface area contributed by atoms with Crippen LogP contribution in [0.5, 0.6) is 0 Å². The lowest BCUT2D eigenvalue weighted by Crippen LogP contribution is -2.54. The normalized spacial score (nSPS) is 42.1. The SMILES string of the molecule is CNCC1C2CC3CC1CC(c1ccc(Br)cc1)(C3)C2. The fourth-order valence-corrected chi connectivity index (χ4v) is 6.12. The molecule has 1 aromatic carbocycles. The van der Waals surface area contributed by atoms with Gasteiger partial charge in [-0.3, -0.25) is 0 Å². The van der Waals surface area contributed by atoms with E-state index in [9.17, 15) is 0 Å². The number of hydrogen-bond donors (Lipinski definition) is 1. The van der Waals surface area contributed by atoms with Crippen molar-refractivity contribution in [1.29, 1.82) is 0 Å². The van der Waals surface area contributed by atoms with Crippen molar-refractivity contribution in [3.8, 4) is 0 Å². The summed E-state index contributed by atoms with van der Waals surface area (Å²) in [6.07, 6.45) is 7.33. The van der Waals surface area contributed by atoms with E-state index in [2.05, 4.69) is 52.6 Å². The molecular formula is C18H24BrN. The lowest BCUT2D eigenvalue weighted by Gasteiger charge is -2.60. The minimum absolute atomic E-state index is 0.515. The zero-order chi connectivity index (χ0) is 13.7. The molecule has 4 saturated carbocycles. The monoisotopic (exact) mass is 333 g/mol. The predicted molar refractivity (Wildman–Crippen MR) is 86.8 cm³/mol. The fourth-order valence-electron chi connectivity index (χ4n) is 5.86. The Morgan fingerprint density at radius 3 is 2.35 bits per heavy atom. The summed E-state index contributed by atoms with van der Waals surface area (Å²) in [5.74, 6) is 3.89. The Labute approximate surface area is 130 Å². The van der Waals surface area contributed by atoms with Crippen LogP contribution in [0.3, 0.4) is 0 Å². The van der Waals surface area contributed by atoms with Crippen molar-refractivity contribution < 1.29 is 0 Å². The molecule has 0 aromatic heterocycles.